The molecule has 3 amide bonds. The van der Waals surface area contributed by atoms with Crippen molar-refractivity contribution in [1.82, 2.24) is 10.4 Å². The van der Waals surface area contributed by atoms with Crippen molar-refractivity contribution in [1.29, 1.82) is 0 Å². The number of imide groups is 1. The van der Waals surface area contributed by atoms with Crippen molar-refractivity contribution < 1.29 is 61.4 Å². The molecule has 63 heavy (non-hydrogen) atoms. The lowest BCUT2D eigenvalue weighted by atomic mass is 9.83. The number of hydroxylamine groups is 2. The highest BCUT2D eigenvalue weighted by Gasteiger charge is 2.48. The van der Waals surface area contributed by atoms with E-state index in [1.807, 2.05) is 0 Å². The number of hydrogen-bond donors (Lipinski definition) is 1. The molecule has 0 aromatic heterocycles. The fourth-order valence-electron chi connectivity index (χ4n) is 7.57. The van der Waals surface area contributed by atoms with Crippen molar-refractivity contribution in [3.63, 3.8) is 0 Å². The van der Waals surface area contributed by atoms with Crippen LogP contribution in [0.2, 0.25) is 0 Å². The van der Waals surface area contributed by atoms with Gasteiger partial charge in [0.1, 0.15) is 37.8 Å². The summed E-state index contributed by atoms with van der Waals surface area (Å²) in [6.07, 6.45) is -4.82. The first kappa shape index (κ1) is 47.2. The Kier molecular flexibility index (Phi) is 13.6. The fourth-order valence-corrected chi connectivity index (χ4v) is 8.83. The van der Waals surface area contributed by atoms with Crippen LogP contribution in [0.1, 0.15) is 116 Å². The molecule has 2 saturated heterocycles. The number of carbonyl (C=O) groups is 5. The zero-order valence-corrected chi connectivity index (χ0v) is 38.8. The number of rotatable bonds is 12. The molecule has 1 N–H and O–H groups in total. The van der Waals surface area contributed by atoms with Gasteiger partial charge in [0.2, 0.25) is 0 Å². The Labute approximate surface area is 368 Å². The minimum atomic E-state index is -3.99. The first-order chi connectivity index (χ1) is 29.3. The molecule has 16 heteroatoms. The molecule has 2 aliphatic heterocycles. The molecule has 2 fully saturated rings. The zero-order chi connectivity index (χ0) is 46.2. The molecule has 0 spiro atoms. The quantitative estimate of drug-likeness (QED) is 0.0789. The molecule has 2 heterocycles. The number of alkyl carbamates (subject to hydrolysis) is 1. The van der Waals surface area contributed by atoms with Crippen LogP contribution in [0.3, 0.4) is 0 Å². The monoisotopic (exact) mass is 890 g/mol. The number of carbonyl (C=O) groups excluding carboxylic acids is 5. The van der Waals surface area contributed by atoms with E-state index >= 15 is 0 Å². The molecular formula is C47H59N2O13P. The number of ether oxygens (including phenoxy) is 4. The van der Waals surface area contributed by atoms with Crippen molar-refractivity contribution in [2.24, 2.45) is 5.41 Å². The maximum atomic E-state index is 14.1. The van der Waals surface area contributed by atoms with Gasteiger partial charge in [-0.05, 0) is 89.6 Å². The van der Waals surface area contributed by atoms with Crippen LogP contribution in [0.4, 0.5) is 9.59 Å². The van der Waals surface area contributed by atoms with Crippen LogP contribution in [0.15, 0.2) is 60.7 Å². The number of fused-ring (bicyclic) bond motifs is 3. The van der Waals surface area contributed by atoms with Crippen molar-refractivity contribution in [3.05, 3.63) is 88.5 Å². The second-order valence-corrected chi connectivity index (χ2v) is 21.4. The average molecular weight is 891 g/mol. The molecule has 3 aromatic carbocycles. The Bertz CT molecular complexity index is 2210. The number of amides is 3. The molecule has 3 unspecified atom stereocenters. The Morgan fingerprint density at radius 2 is 1.33 bits per heavy atom. The smallest absolute Gasteiger partial charge is 0.462 e. The third-order valence-electron chi connectivity index (χ3n) is 11.2. The highest BCUT2D eigenvalue weighted by molar-refractivity contribution is 7.53. The van der Waals surface area contributed by atoms with E-state index in [4.69, 9.17) is 32.8 Å². The summed E-state index contributed by atoms with van der Waals surface area (Å²) in [6, 6.07) is 18.2. The van der Waals surface area contributed by atoms with Crippen molar-refractivity contribution in [2.45, 2.75) is 130 Å². The maximum Gasteiger partial charge on any atom is 0.534 e. The molecule has 5 atom stereocenters. The van der Waals surface area contributed by atoms with Gasteiger partial charge >= 0.3 is 25.8 Å². The van der Waals surface area contributed by atoms with E-state index in [-0.39, 0.29) is 55.2 Å². The predicted molar refractivity (Wildman–Crippen MR) is 232 cm³/mol. The van der Waals surface area contributed by atoms with Crippen LogP contribution in [-0.2, 0) is 64.7 Å². The lowest BCUT2D eigenvalue weighted by Crippen LogP contribution is -2.49. The standard InChI is InChI=1S/C47H59N2O13P/c1-27-40(48-43(53)57-25-36-34-22-29(45(2,3)4)14-18-32(34)33-19-15-30(23-35(33)36)46(5,6)7)41(37(59-27)26-56-42(52)47(8,9)10)62-63(11,55)61-31-16-12-28(13-17-31)24-58-44(54)60-49-38(50)20-21-39(49)51/h12-19,22-23,27,36-37,40-41H,20-21,24-26H2,1-11H3,(H,48,53)/t27-,37+,40?,41?,63?/m0/s1. The zero-order valence-electron chi connectivity index (χ0n) is 37.9. The highest BCUT2D eigenvalue weighted by Crippen LogP contribution is 2.49. The summed E-state index contributed by atoms with van der Waals surface area (Å²) in [4.78, 5) is 66.9. The molecule has 1 aliphatic carbocycles. The summed E-state index contributed by atoms with van der Waals surface area (Å²) in [6.45, 7) is 20.6. The third-order valence-corrected chi connectivity index (χ3v) is 12.4. The molecule has 3 aliphatic rings. The normalized spacial score (nSPS) is 21.0. The molecule has 0 bridgehead atoms. The van der Waals surface area contributed by atoms with Gasteiger partial charge in [-0.15, -0.1) is 0 Å². The van der Waals surface area contributed by atoms with Gasteiger partial charge in [-0.3, -0.25) is 23.7 Å². The average Bonchev–Trinajstić information content (AvgIpc) is 3.79. The summed E-state index contributed by atoms with van der Waals surface area (Å²) >= 11 is 0. The van der Waals surface area contributed by atoms with Crippen LogP contribution in [-0.4, -0.2) is 79.3 Å². The summed E-state index contributed by atoms with van der Waals surface area (Å²) in [5.74, 6) is -1.84. The summed E-state index contributed by atoms with van der Waals surface area (Å²) in [5, 5.41) is 3.28. The van der Waals surface area contributed by atoms with Gasteiger partial charge in [-0.2, -0.15) is 0 Å². The molecule has 3 aromatic rings. The SMILES string of the molecule is C[C@@H]1O[C@H](COC(=O)C(C)(C)C)C(OP(C)(=O)Oc2ccc(COC(=O)ON3C(=O)CCC3=O)cc2)C1NC(=O)OCC1c2cc(C(C)(C)C)ccc2-c2ccc(C(C)(C)C)cc21. The van der Waals surface area contributed by atoms with Gasteiger partial charge in [-0.25, -0.2) is 14.2 Å². The predicted octanol–water partition coefficient (Wildman–Crippen LogP) is 8.87. The molecule has 6 rings (SSSR count). The topological polar surface area (TPSA) is 182 Å². The Hall–Kier alpha value is -5.24. The lowest BCUT2D eigenvalue weighted by Gasteiger charge is -2.28. The summed E-state index contributed by atoms with van der Waals surface area (Å²) in [5.41, 5.74) is 6.16. The molecular weight excluding hydrogens is 831 g/mol. The largest absolute Gasteiger partial charge is 0.534 e. The van der Waals surface area contributed by atoms with Crippen molar-refractivity contribution in [2.75, 3.05) is 19.9 Å². The Morgan fingerprint density at radius 3 is 1.86 bits per heavy atom. The van der Waals surface area contributed by atoms with Crippen molar-refractivity contribution in [3.8, 4) is 16.9 Å². The maximum absolute atomic E-state index is 14.1. The Morgan fingerprint density at radius 1 is 0.778 bits per heavy atom. The molecule has 15 nitrogen and oxygen atoms in total. The number of hydrogen-bond acceptors (Lipinski definition) is 13. The third kappa shape index (κ3) is 11.3. The van der Waals surface area contributed by atoms with Gasteiger partial charge in [-0.1, -0.05) is 95.1 Å². The van der Waals surface area contributed by atoms with Crippen LogP contribution < -0.4 is 9.84 Å². The second kappa shape index (κ2) is 18.1. The molecule has 340 valence electrons. The van der Waals surface area contributed by atoms with Crippen LogP contribution in [0.25, 0.3) is 11.1 Å². The van der Waals surface area contributed by atoms with Crippen LogP contribution in [0.5, 0.6) is 5.75 Å². The first-order valence-electron chi connectivity index (χ1n) is 21.1. The number of benzene rings is 3. The minimum absolute atomic E-state index is 0.0442. The van der Waals surface area contributed by atoms with E-state index in [2.05, 4.69) is 83.3 Å². The van der Waals surface area contributed by atoms with E-state index in [1.54, 1.807) is 39.8 Å². The number of nitrogens with zero attached hydrogens (tertiary/aromatic N) is 1. The molecule has 0 radical (unpaired) electrons. The second-order valence-electron chi connectivity index (χ2n) is 19.4. The van der Waals surface area contributed by atoms with Gasteiger partial charge < -0.3 is 28.8 Å². The number of nitrogens with one attached hydrogen (secondary N) is 1. The van der Waals surface area contributed by atoms with Gasteiger partial charge in [0, 0.05) is 25.4 Å². The Balaban J connectivity index is 1.15. The minimum Gasteiger partial charge on any atom is -0.462 e. The van der Waals surface area contributed by atoms with E-state index in [0.717, 1.165) is 22.3 Å². The first-order valence-corrected chi connectivity index (χ1v) is 23.1. The van der Waals surface area contributed by atoms with Gasteiger partial charge in [0.05, 0.1) is 17.6 Å². The summed E-state index contributed by atoms with van der Waals surface area (Å²) in [7, 11) is -3.99. The lowest BCUT2D eigenvalue weighted by molar-refractivity contribution is -0.177. The van der Waals surface area contributed by atoms with E-state index in [9.17, 15) is 28.5 Å². The van der Waals surface area contributed by atoms with Gasteiger partial charge in [0.25, 0.3) is 11.8 Å². The van der Waals surface area contributed by atoms with E-state index < -0.39 is 67.4 Å². The highest BCUT2D eigenvalue weighted by atomic mass is 31.2. The summed E-state index contributed by atoms with van der Waals surface area (Å²) < 4.78 is 48.9. The molecule has 0 saturated carbocycles. The van der Waals surface area contributed by atoms with Crippen LogP contribution in [0, 0.1) is 5.41 Å². The van der Waals surface area contributed by atoms with Gasteiger partial charge in [0.15, 0.2) is 0 Å². The van der Waals surface area contributed by atoms with Crippen LogP contribution >= 0.6 is 7.60 Å². The van der Waals surface area contributed by atoms with Crippen molar-refractivity contribution >= 4 is 37.6 Å². The van der Waals surface area contributed by atoms with E-state index in [0.29, 0.717) is 10.6 Å². The fraction of sp³-hybridized carbons (Fsp3) is 0.511. The number of esters is 1. The van der Waals surface area contributed by atoms with E-state index in [1.165, 1.54) is 29.9 Å².